The molecule has 0 bridgehead atoms. The van der Waals surface area contributed by atoms with E-state index >= 15 is 0 Å². The Balaban J connectivity index is 0.000000458. The van der Waals surface area contributed by atoms with Crippen molar-refractivity contribution in [2.75, 3.05) is 13.1 Å². The molecule has 0 aliphatic carbocycles. The minimum absolute atomic E-state index is 0.135. The van der Waals surface area contributed by atoms with Gasteiger partial charge in [0, 0.05) is 4.90 Å². The maximum atomic E-state index is 11.5. The van der Waals surface area contributed by atoms with Gasteiger partial charge in [0.1, 0.15) is 10.0 Å². The first kappa shape index (κ1) is 25.2. The van der Waals surface area contributed by atoms with Crippen LogP contribution in [0, 0.1) is 13.8 Å². The molecule has 7 heteroatoms. The summed E-state index contributed by atoms with van der Waals surface area (Å²) < 4.78 is 26.5. The molecule has 2 aromatic carbocycles. The molecule has 0 atom stereocenters. The van der Waals surface area contributed by atoms with E-state index in [9.17, 15) is 8.42 Å². The molecule has 0 radical (unpaired) electrons. The van der Waals surface area contributed by atoms with E-state index in [-0.39, 0.29) is 18.0 Å². The van der Waals surface area contributed by atoms with Gasteiger partial charge >= 0.3 is 27.0 Å². The third kappa shape index (κ3) is 9.79. The monoisotopic (exact) mass is 484 g/mol. The van der Waals surface area contributed by atoms with Gasteiger partial charge in [0.05, 0.1) is 0 Å². The van der Waals surface area contributed by atoms with Crippen molar-refractivity contribution in [2.24, 2.45) is 5.73 Å². The first-order valence-corrected chi connectivity index (χ1v) is 11.8. The molecular weight excluding hydrogens is 457 g/mol. The molecule has 0 fully saturated rings. The summed E-state index contributed by atoms with van der Waals surface area (Å²) in [5, 5.41) is 0. The van der Waals surface area contributed by atoms with E-state index in [4.69, 9.17) is 5.73 Å². The molecule has 2 rings (SSSR count). The fourth-order valence-electron chi connectivity index (χ4n) is 1.91. The second-order valence-electron chi connectivity index (χ2n) is 5.99. The molecule has 2 aromatic rings. The number of nitrogens with zero attached hydrogens (tertiary/aromatic N) is 1. The van der Waals surface area contributed by atoms with Crippen molar-refractivity contribution in [3.63, 3.8) is 0 Å². The zero-order chi connectivity index (χ0) is 20.2. The Bertz CT molecular complexity index is 718. The quantitative estimate of drug-likeness (QED) is 0.619. The molecule has 0 saturated carbocycles. The first-order chi connectivity index (χ1) is 12.3. The average molecular weight is 484 g/mol. The van der Waals surface area contributed by atoms with E-state index in [1.807, 2.05) is 24.2 Å². The SMILES string of the molecule is Cc1ccc(C(C)C)cc1.Cc1ccc(S(=O)(=O)[N-]CCN)cc1.[Cl][Ru+2]. The van der Waals surface area contributed by atoms with E-state index in [2.05, 4.69) is 59.4 Å². The Morgan fingerprint density at radius 1 is 0.962 bits per heavy atom. The molecule has 4 nitrogen and oxygen atoms in total. The number of rotatable bonds is 5. The Kier molecular flexibility index (Phi) is 13.0. The van der Waals surface area contributed by atoms with Crippen molar-refractivity contribution < 1.29 is 25.7 Å². The molecule has 2 N–H and O–H groups in total. The van der Waals surface area contributed by atoms with Crippen LogP contribution in [0.1, 0.15) is 36.5 Å². The van der Waals surface area contributed by atoms with Crippen molar-refractivity contribution in [1.82, 2.24) is 0 Å². The van der Waals surface area contributed by atoms with Gasteiger partial charge in [-0.05, 0) is 44.0 Å². The number of sulfonamides is 1. The molecular formula is C19H27ClN2O2RuS+. The van der Waals surface area contributed by atoms with Gasteiger partial charge in [0.15, 0.2) is 0 Å². The molecule has 0 amide bonds. The minimum atomic E-state index is -3.49. The summed E-state index contributed by atoms with van der Waals surface area (Å²) in [4.78, 5) is 0.219. The number of halogens is 1. The van der Waals surface area contributed by atoms with Gasteiger partial charge in [-0.3, -0.25) is 0 Å². The van der Waals surface area contributed by atoms with Crippen LogP contribution in [0.4, 0.5) is 0 Å². The fraction of sp³-hybridized carbons (Fsp3) is 0.368. The second kappa shape index (κ2) is 13.4. The summed E-state index contributed by atoms with van der Waals surface area (Å²) in [7, 11) is 1.07. The first-order valence-electron chi connectivity index (χ1n) is 8.16. The average Bonchev–Trinajstić information content (AvgIpc) is 2.63. The van der Waals surface area contributed by atoms with Crippen molar-refractivity contribution in [1.29, 1.82) is 0 Å². The van der Waals surface area contributed by atoms with Gasteiger partial charge in [-0.25, -0.2) is 8.42 Å². The topological polar surface area (TPSA) is 74.3 Å². The summed E-state index contributed by atoms with van der Waals surface area (Å²) >= 11 is 1.82. The molecule has 0 aliphatic heterocycles. The maximum absolute atomic E-state index is 11.5. The third-order valence-corrected chi connectivity index (χ3v) is 4.84. The van der Waals surface area contributed by atoms with E-state index in [1.54, 1.807) is 24.3 Å². The van der Waals surface area contributed by atoms with Gasteiger partial charge in [0.2, 0.25) is 0 Å². The number of hydrogen-bond acceptors (Lipinski definition) is 3. The standard InChI is InChI=1S/C10H14.C9H13N2O2S.ClH.Ru/c1-8(2)10-6-4-9(3)5-7-10;1-8-2-4-9(5-3-8)14(12,13)11-7-6-10;;/h4-8H,1-3H3;2-5H,6-7,10H2,1H3;1H;/q;-1;;+3/p-1. The molecule has 0 aliphatic rings. The van der Waals surface area contributed by atoms with Crippen molar-refractivity contribution in [2.45, 2.75) is 38.5 Å². The molecule has 26 heavy (non-hydrogen) atoms. The number of aryl methyl sites for hydroxylation is 2. The predicted molar refractivity (Wildman–Crippen MR) is 107 cm³/mol. The molecule has 145 valence electrons. The summed E-state index contributed by atoms with van der Waals surface area (Å²) in [6.07, 6.45) is 0. The number of hydrogen-bond donors (Lipinski definition) is 1. The zero-order valence-corrected chi connectivity index (χ0v) is 18.9. The Morgan fingerprint density at radius 2 is 1.38 bits per heavy atom. The Morgan fingerprint density at radius 3 is 1.77 bits per heavy atom. The number of nitrogens with two attached hydrogens (primary N) is 1. The number of benzene rings is 2. The predicted octanol–water partition coefficient (Wildman–Crippen LogP) is 4.82. The van der Waals surface area contributed by atoms with E-state index in [1.165, 1.54) is 11.1 Å². The zero-order valence-electron chi connectivity index (χ0n) is 15.6. The summed E-state index contributed by atoms with van der Waals surface area (Å²) in [5.41, 5.74) is 8.96. The van der Waals surface area contributed by atoms with Crippen LogP contribution >= 0.6 is 9.69 Å². The van der Waals surface area contributed by atoms with Gasteiger partial charge in [-0.1, -0.05) is 61.4 Å². The Hall–Kier alpha value is -0.777. The summed E-state index contributed by atoms with van der Waals surface area (Å²) in [6.45, 7) is 8.81. The molecule has 0 unspecified atom stereocenters. The van der Waals surface area contributed by atoms with Crippen LogP contribution in [0.3, 0.4) is 0 Å². The Labute approximate surface area is 172 Å². The van der Waals surface area contributed by atoms with Crippen LogP contribution < -0.4 is 5.73 Å². The van der Waals surface area contributed by atoms with Gasteiger partial charge in [0.25, 0.3) is 0 Å². The van der Waals surface area contributed by atoms with Crippen LogP contribution in [-0.2, 0) is 27.3 Å². The van der Waals surface area contributed by atoms with Gasteiger partial charge < -0.3 is 10.5 Å². The molecule has 0 saturated heterocycles. The van der Waals surface area contributed by atoms with E-state index in [0.717, 1.165) is 5.56 Å². The molecule has 0 spiro atoms. The van der Waals surface area contributed by atoms with Crippen molar-refractivity contribution in [3.05, 3.63) is 69.9 Å². The van der Waals surface area contributed by atoms with Gasteiger partial charge in [-0.15, -0.1) is 6.54 Å². The normalized spacial score (nSPS) is 10.4. The van der Waals surface area contributed by atoms with Gasteiger partial charge in [-0.2, -0.15) is 0 Å². The van der Waals surface area contributed by atoms with Crippen LogP contribution in [0.15, 0.2) is 53.4 Å². The van der Waals surface area contributed by atoms with Crippen LogP contribution in [0.5, 0.6) is 0 Å². The summed E-state index contributed by atoms with van der Waals surface area (Å²) in [6, 6.07) is 15.3. The van der Waals surface area contributed by atoms with E-state index < -0.39 is 10.0 Å². The third-order valence-electron chi connectivity index (χ3n) is 3.45. The van der Waals surface area contributed by atoms with Crippen LogP contribution in [0.2, 0.25) is 0 Å². The van der Waals surface area contributed by atoms with E-state index in [0.29, 0.717) is 5.92 Å². The molecule has 0 aromatic heterocycles. The second-order valence-corrected chi connectivity index (χ2v) is 7.67. The van der Waals surface area contributed by atoms with Crippen LogP contribution in [0.25, 0.3) is 4.72 Å². The van der Waals surface area contributed by atoms with Crippen molar-refractivity contribution >= 4 is 19.7 Å². The van der Waals surface area contributed by atoms with Crippen molar-refractivity contribution in [3.8, 4) is 0 Å². The molecule has 0 heterocycles. The summed E-state index contributed by atoms with van der Waals surface area (Å²) in [5.74, 6) is 0.653. The fourth-order valence-corrected chi connectivity index (χ4v) is 2.88. The van der Waals surface area contributed by atoms with Crippen LogP contribution in [-0.4, -0.2) is 21.5 Å².